The molecule has 0 aliphatic heterocycles. The molecule has 0 unspecified atom stereocenters. The molecule has 102 valence electrons. The number of nitrogens with zero attached hydrogens (tertiary/aromatic N) is 1. The largest absolute Gasteiger partial charge is 0.496 e. The third kappa shape index (κ3) is 3.16. The van der Waals surface area contributed by atoms with Crippen LogP contribution in [0, 0.1) is 0 Å². The molecule has 0 saturated heterocycles. The van der Waals surface area contributed by atoms with Crippen molar-refractivity contribution in [1.29, 1.82) is 0 Å². The first-order chi connectivity index (χ1) is 8.46. The monoisotopic (exact) mass is 250 g/mol. The summed E-state index contributed by atoms with van der Waals surface area (Å²) in [6.07, 6.45) is 1.94. The van der Waals surface area contributed by atoms with Gasteiger partial charge in [-0.05, 0) is 57.0 Å². The molecule has 1 aromatic rings. The summed E-state index contributed by atoms with van der Waals surface area (Å²) in [4.78, 5) is 2.29. The van der Waals surface area contributed by atoms with Gasteiger partial charge in [0, 0.05) is 18.3 Å². The second kappa shape index (κ2) is 6.10. The Morgan fingerprint density at radius 3 is 2.50 bits per heavy atom. The van der Waals surface area contributed by atoms with Crippen LogP contribution in [-0.2, 0) is 6.42 Å². The van der Waals surface area contributed by atoms with E-state index >= 15 is 0 Å². The average Bonchev–Trinajstić information content (AvgIpc) is 2.36. The van der Waals surface area contributed by atoms with Gasteiger partial charge in [-0.15, -0.1) is 0 Å². The third-order valence-corrected chi connectivity index (χ3v) is 3.70. The van der Waals surface area contributed by atoms with Gasteiger partial charge in [-0.3, -0.25) is 0 Å². The first-order valence-electron chi connectivity index (χ1n) is 6.57. The summed E-state index contributed by atoms with van der Waals surface area (Å²) in [5.74, 6) is 0.964. The minimum atomic E-state index is 0.0638. The fourth-order valence-electron chi connectivity index (χ4n) is 2.12. The summed E-state index contributed by atoms with van der Waals surface area (Å²) in [6.45, 7) is 7.28. The van der Waals surface area contributed by atoms with Crippen LogP contribution in [0.1, 0.15) is 32.8 Å². The van der Waals surface area contributed by atoms with E-state index in [1.54, 1.807) is 7.11 Å². The molecule has 0 atom stereocenters. The Kier molecular flexibility index (Phi) is 5.03. The molecular weight excluding hydrogens is 224 g/mol. The standard InChI is InChI=1S/C15H26N2O/c1-6-12-11-13(7-8-14(12)18-5)17(4)15(2,3)9-10-16/h7-8,11H,6,9-10,16H2,1-5H3. The minimum Gasteiger partial charge on any atom is -0.496 e. The topological polar surface area (TPSA) is 38.5 Å². The first-order valence-corrected chi connectivity index (χ1v) is 6.57. The summed E-state index contributed by atoms with van der Waals surface area (Å²) in [5.41, 5.74) is 8.20. The van der Waals surface area contributed by atoms with Crippen molar-refractivity contribution in [3.05, 3.63) is 23.8 Å². The lowest BCUT2D eigenvalue weighted by Gasteiger charge is -2.37. The van der Waals surface area contributed by atoms with E-state index in [0.717, 1.165) is 18.6 Å². The second-order valence-electron chi connectivity index (χ2n) is 5.26. The Bertz CT molecular complexity index is 388. The van der Waals surface area contributed by atoms with Gasteiger partial charge in [0.15, 0.2) is 0 Å². The van der Waals surface area contributed by atoms with E-state index in [9.17, 15) is 0 Å². The quantitative estimate of drug-likeness (QED) is 0.843. The van der Waals surface area contributed by atoms with E-state index in [1.807, 2.05) is 6.07 Å². The number of anilines is 1. The Morgan fingerprint density at radius 1 is 1.33 bits per heavy atom. The fraction of sp³-hybridized carbons (Fsp3) is 0.600. The van der Waals surface area contributed by atoms with Crippen LogP contribution in [-0.4, -0.2) is 26.2 Å². The van der Waals surface area contributed by atoms with Crippen LogP contribution < -0.4 is 15.4 Å². The van der Waals surface area contributed by atoms with Crippen molar-refractivity contribution < 1.29 is 4.74 Å². The van der Waals surface area contributed by atoms with E-state index in [-0.39, 0.29) is 5.54 Å². The zero-order valence-corrected chi connectivity index (χ0v) is 12.3. The van der Waals surface area contributed by atoms with E-state index in [0.29, 0.717) is 6.54 Å². The third-order valence-electron chi connectivity index (χ3n) is 3.70. The minimum absolute atomic E-state index is 0.0638. The highest BCUT2D eigenvalue weighted by molar-refractivity contribution is 5.54. The normalized spacial score (nSPS) is 11.4. The van der Waals surface area contributed by atoms with E-state index in [4.69, 9.17) is 10.5 Å². The molecule has 1 aromatic carbocycles. The van der Waals surface area contributed by atoms with Gasteiger partial charge in [0.05, 0.1) is 7.11 Å². The van der Waals surface area contributed by atoms with Gasteiger partial charge in [-0.25, -0.2) is 0 Å². The zero-order chi connectivity index (χ0) is 13.8. The van der Waals surface area contributed by atoms with E-state index in [1.165, 1.54) is 11.3 Å². The molecule has 18 heavy (non-hydrogen) atoms. The lowest BCUT2D eigenvalue weighted by Crippen LogP contribution is -2.42. The second-order valence-corrected chi connectivity index (χ2v) is 5.26. The number of rotatable bonds is 6. The molecule has 0 aliphatic carbocycles. The van der Waals surface area contributed by atoms with Crippen LogP contribution in [0.3, 0.4) is 0 Å². The number of hydrogen-bond donors (Lipinski definition) is 1. The molecule has 0 fully saturated rings. The molecular formula is C15H26N2O. The van der Waals surface area contributed by atoms with Gasteiger partial charge in [0.2, 0.25) is 0 Å². The van der Waals surface area contributed by atoms with Gasteiger partial charge in [-0.2, -0.15) is 0 Å². The molecule has 0 bridgehead atoms. The molecule has 2 N–H and O–H groups in total. The summed E-state index contributed by atoms with van der Waals surface area (Å²) in [6, 6.07) is 6.36. The highest BCUT2D eigenvalue weighted by Gasteiger charge is 2.23. The Morgan fingerprint density at radius 2 is 2.00 bits per heavy atom. The number of methoxy groups -OCH3 is 1. The molecule has 0 amide bonds. The summed E-state index contributed by atoms with van der Waals surface area (Å²) in [5, 5.41) is 0. The van der Waals surface area contributed by atoms with Gasteiger partial charge < -0.3 is 15.4 Å². The molecule has 1 rings (SSSR count). The summed E-state index contributed by atoms with van der Waals surface area (Å²) in [7, 11) is 3.84. The maximum atomic E-state index is 5.69. The lowest BCUT2D eigenvalue weighted by molar-refractivity contribution is 0.409. The number of ether oxygens (including phenoxy) is 1. The summed E-state index contributed by atoms with van der Waals surface area (Å²) < 4.78 is 5.37. The molecule has 3 nitrogen and oxygen atoms in total. The van der Waals surface area contributed by atoms with Crippen molar-refractivity contribution >= 4 is 5.69 Å². The predicted octanol–water partition coefficient (Wildman–Crippen LogP) is 2.82. The molecule has 0 saturated carbocycles. The van der Waals surface area contributed by atoms with Gasteiger partial charge in [-0.1, -0.05) is 6.92 Å². The predicted molar refractivity (Wildman–Crippen MR) is 78.5 cm³/mol. The van der Waals surface area contributed by atoms with Gasteiger partial charge in [0.25, 0.3) is 0 Å². The van der Waals surface area contributed by atoms with Crippen molar-refractivity contribution in [2.45, 2.75) is 39.2 Å². The number of benzene rings is 1. The molecule has 0 aliphatic rings. The van der Waals surface area contributed by atoms with Crippen LogP contribution in [0.4, 0.5) is 5.69 Å². The maximum absolute atomic E-state index is 5.69. The highest BCUT2D eigenvalue weighted by Crippen LogP contribution is 2.29. The molecule has 0 radical (unpaired) electrons. The SMILES string of the molecule is CCc1cc(N(C)C(C)(C)CCN)ccc1OC. The summed E-state index contributed by atoms with van der Waals surface area (Å²) >= 11 is 0. The maximum Gasteiger partial charge on any atom is 0.122 e. The fourth-order valence-corrected chi connectivity index (χ4v) is 2.12. The van der Waals surface area contributed by atoms with Crippen LogP contribution in [0.2, 0.25) is 0 Å². The molecule has 0 spiro atoms. The van der Waals surface area contributed by atoms with Crippen LogP contribution in [0.15, 0.2) is 18.2 Å². The van der Waals surface area contributed by atoms with Gasteiger partial charge >= 0.3 is 0 Å². The van der Waals surface area contributed by atoms with Gasteiger partial charge in [0.1, 0.15) is 5.75 Å². The van der Waals surface area contributed by atoms with Crippen LogP contribution >= 0.6 is 0 Å². The van der Waals surface area contributed by atoms with Crippen molar-refractivity contribution in [3.63, 3.8) is 0 Å². The number of nitrogens with two attached hydrogens (primary N) is 1. The zero-order valence-electron chi connectivity index (χ0n) is 12.3. The number of hydrogen-bond acceptors (Lipinski definition) is 3. The van der Waals surface area contributed by atoms with Crippen molar-refractivity contribution in [2.24, 2.45) is 5.73 Å². The van der Waals surface area contributed by atoms with Crippen LogP contribution in [0.5, 0.6) is 5.75 Å². The van der Waals surface area contributed by atoms with Crippen molar-refractivity contribution in [2.75, 3.05) is 25.6 Å². The average molecular weight is 250 g/mol. The smallest absolute Gasteiger partial charge is 0.122 e. The van der Waals surface area contributed by atoms with E-state index in [2.05, 4.69) is 44.9 Å². The van der Waals surface area contributed by atoms with Crippen molar-refractivity contribution in [1.82, 2.24) is 0 Å². The first kappa shape index (κ1) is 14.8. The van der Waals surface area contributed by atoms with Crippen molar-refractivity contribution in [3.8, 4) is 5.75 Å². The Labute approximate surface area is 111 Å². The lowest BCUT2D eigenvalue weighted by atomic mass is 9.97. The highest BCUT2D eigenvalue weighted by atomic mass is 16.5. The Balaban J connectivity index is 3.03. The van der Waals surface area contributed by atoms with E-state index < -0.39 is 0 Å². The molecule has 3 heteroatoms. The molecule has 0 aromatic heterocycles. The Hall–Kier alpha value is -1.22. The number of aryl methyl sites for hydroxylation is 1. The molecule has 0 heterocycles. The van der Waals surface area contributed by atoms with Crippen LogP contribution in [0.25, 0.3) is 0 Å².